The molecule has 1 aliphatic heterocycles. The highest BCUT2D eigenvalue weighted by atomic mass is 35.5. The number of nitrogens with one attached hydrogen (secondary N) is 1. The van der Waals surface area contributed by atoms with Crippen LogP contribution in [0.15, 0.2) is 41.0 Å². The summed E-state index contributed by atoms with van der Waals surface area (Å²) in [7, 11) is 0. The largest absolute Gasteiger partial charge is 0.507 e. The van der Waals surface area contributed by atoms with Crippen molar-refractivity contribution in [2.45, 2.75) is 71.8 Å². The van der Waals surface area contributed by atoms with Gasteiger partial charge in [-0.05, 0) is 59.2 Å². The van der Waals surface area contributed by atoms with Crippen LogP contribution >= 0.6 is 12.4 Å². The number of fused-ring (bicyclic) bond motifs is 1. The zero-order valence-electron chi connectivity index (χ0n) is 21.1. The number of halogens is 1. The quantitative estimate of drug-likeness (QED) is 0.442. The van der Waals surface area contributed by atoms with E-state index in [1.165, 1.54) is 11.1 Å². The Labute approximate surface area is 209 Å². The second-order valence-corrected chi connectivity index (χ2v) is 11.0. The van der Waals surface area contributed by atoms with Gasteiger partial charge < -0.3 is 19.6 Å². The minimum atomic E-state index is -0.200. The van der Waals surface area contributed by atoms with E-state index in [0.29, 0.717) is 24.7 Å². The van der Waals surface area contributed by atoms with Crippen LogP contribution in [0.2, 0.25) is 0 Å². The summed E-state index contributed by atoms with van der Waals surface area (Å²) < 4.78 is 11.8. The summed E-state index contributed by atoms with van der Waals surface area (Å²) in [6, 6.07) is 10.3. The molecule has 0 spiro atoms. The van der Waals surface area contributed by atoms with Crippen molar-refractivity contribution in [3.63, 3.8) is 0 Å². The van der Waals surface area contributed by atoms with E-state index in [4.69, 9.17) is 14.1 Å². The number of hydrogen-bond donors (Lipinski definition) is 2. The number of ether oxygens (including phenoxy) is 1. The lowest BCUT2D eigenvalue weighted by Crippen LogP contribution is -2.23. The zero-order valence-corrected chi connectivity index (χ0v) is 21.9. The molecule has 0 unspecified atom stereocenters. The Balaban J connectivity index is 0.00000324. The second-order valence-electron chi connectivity index (χ2n) is 11.0. The number of rotatable bonds is 5. The van der Waals surface area contributed by atoms with Crippen molar-refractivity contribution in [3.05, 3.63) is 64.5 Å². The van der Waals surface area contributed by atoms with E-state index in [1.54, 1.807) is 6.26 Å². The predicted molar refractivity (Wildman–Crippen MR) is 139 cm³/mol. The van der Waals surface area contributed by atoms with Crippen LogP contribution in [0, 0.1) is 0 Å². The van der Waals surface area contributed by atoms with Crippen LogP contribution in [0.25, 0.3) is 11.5 Å². The molecule has 1 aliphatic rings. The van der Waals surface area contributed by atoms with Crippen molar-refractivity contribution in [2.24, 2.45) is 0 Å². The van der Waals surface area contributed by atoms with Crippen LogP contribution in [0.1, 0.15) is 69.5 Å². The molecule has 5 nitrogen and oxygen atoms in total. The van der Waals surface area contributed by atoms with Crippen LogP contribution in [0.5, 0.6) is 11.5 Å². The number of aromatic hydroxyl groups is 1. The molecule has 0 aliphatic carbocycles. The molecule has 184 valence electrons. The van der Waals surface area contributed by atoms with Gasteiger partial charge in [0.1, 0.15) is 17.8 Å². The third kappa shape index (κ3) is 5.76. The number of nitrogens with zero attached hydrogens (tertiary/aromatic N) is 1. The van der Waals surface area contributed by atoms with Gasteiger partial charge in [-0.3, -0.25) is 0 Å². The molecule has 0 saturated heterocycles. The third-order valence-corrected chi connectivity index (χ3v) is 6.22. The Kier molecular flexibility index (Phi) is 7.69. The molecule has 1 aromatic heterocycles. The molecule has 0 atom stereocenters. The van der Waals surface area contributed by atoms with E-state index in [1.807, 2.05) is 18.2 Å². The Morgan fingerprint density at radius 3 is 2.32 bits per heavy atom. The monoisotopic (exact) mass is 484 g/mol. The fraction of sp³-hybridized carbons (Fsp3) is 0.464. The fourth-order valence-corrected chi connectivity index (χ4v) is 4.27. The molecule has 0 fully saturated rings. The Morgan fingerprint density at radius 2 is 1.68 bits per heavy atom. The van der Waals surface area contributed by atoms with E-state index in [-0.39, 0.29) is 23.2 Å². The molecule has 0 radical (unpaired) electrons. The molecule has 4 rings (SSSR count). The van der Waals surface area contributed by atoms with Gasteiger partial charge in [-0.1, -0.05) is 47.6 Å². The minimum absolute atomic E-state index is 0. The van der Waals surface area contributed by atoms with E-state index in [9.17, 15) is 5.11 Å². The molecule has 6 heteroatoms. The maximum atomic E-state index is 11.0. The highest BCUT2D eigenvalue weighted by molar-refractivity contribution is 5.85. The summed E-state index contributed by atoms with van der Waals surface area (Å²) in [5.74, 6) is 1.84. The first-order valence-electron chi connectivity index (χ1n) is 11.8. The average molecular weight is 485 g/mol. The molecule has 2 heterocycles. The first kappa shape index (κ1) is 26.1. The highest BCUT2D eigenvalue weighted by Crippen LogP contribution is 2.41. The van der Waals surface area contributed by atoms with E-state index < -0.39 is 0 Å². The smallest absolute Gasteiger partial charge is 0.226 e. The maximum Gasteiger partial charge on any atom is 0.226 e. The zero-order chi connectivity index (χ0) is 23.8. The van der Waals surface area contributed by atoms with Gasteiger partial charge in [0.2, 0.25) is 5.89 Å². The number of aromatic nitrogens is 1. The van der Waals surface area contributed by atoms with E-state index in [2.05, 4.69) is 59.0 Å². The molecule has 0 saturated carbocycles. The van der Waals surface area contributed by atoms with Gasteiger partial charge in [-0.2, -0.15) is 0 Å². The topological polar surface area (TPSA) is 67.5 Å². The maximum absolute atomic E-state index is 11.0. The van der Waals surface area contributed by atoms with Gasteiger partial charge in [0, 0.05) is 29.7 Å². The van der Waals surface area contributed by atoms with Crippen LogP contribution < -0.4 is 10.1 Å². The van der Waals surface area contributed by atoms with E-state index in [0.717, 1.165) is 47.6 Å². The fourth-order valence-electron chi connectivity index (χ4n) is 4.27. The van der Waals surface area contributed by atoms with Crippen LogP contribution in [0.3, 0.4) is 0 Å². The Morgan fingerprint density at radius 1 is 1.00 bits per heavy atom. The number of hydrogen-bond acceptors (Lipinski definition) is 5. The first-order chi connectivity index (χ1) is 15.5. The normalized spacial score (nSPS) is 13.8. The second kappa shape index (κ2) is 10.0. The summed E-state index contributed by atoms with van der Waals surface area (Å²) >= 11 is 0. The van der Waals surface area contributed by atoms with Gasteiger partial charge in [-0.25, -0.2) is 4.98 Å². The lowest BCUT2D eigenvalue weighted by Gasteiger charge is -2.27. The molecular formula is C28H37ClN2O3. The van der Waals surface area contributed by atoms with Crippen LogP contribution in [0.4, 0.5) is 0 Å². The standard InChI is InChI=1S/C28H36N2O3.ClH/c1-27(2,3)23-14-20(15-24(25(23)31)28(4,5)6)26-30-21(17-33-26)10-12-32-22-8-7-19-16-29-11-9-18(19)13-22;/h7-8,13-15,17,29,31H,9-12,16H2,1-6H3;1H. The predicted octanol–water partition coefficient (Wildman–Crippen LogP) is 6.33. The number of phenolic OH excluding ortho intramolecular Hbond substituents is 1. The van der Waals surface area contributed by atoms with Gasteiger partial charge >= 0.3 is 0 Å². The summed E-state index contributed by atoms with van der Waals surface area (Å²) in [5, 5.41) is 14.4. The number of oxazole rings is 1. The van der Waals surface area contributed by atoms with Crippen LogP contribution in [-0.4, -0.2) is 23.2 Å². The van der Waals surface area contributed by atoms with Crippen molar-refractivity contribution in [1.29, 1.82) is 0 Å². The lowest BCUT2D eigenvalue weighted by molar-refractivity contribution is 0.320. The SMILES string of the molecule is CC(C)(C)c1cc(-c2nc(CCOc3ccc4c(c3)CCNC4)co2)cc(C(C)(C)C)c1O.Cl. The first-order valence-corrected chi connectivity index (χ1v) is 11.8. The van der Waals surface area contributed by atoms with E-state index >= 15 is 0 Å². The summed E-state index contributed by atoms with van der Waals surface area (Å²) in [5.41, 5.74) is 5.86. The molecule has 0 bridgehead atoms. The van der Waals surface area contributed by atoms with Crippen molar-refractivity contribution in [2.75, 3.05) is 13.2 Å². The van der Waals surface area contributed by atoms with Gasteiger partial charge in [-0.15, -0.1) is 12.4 Å². The summed E-state index contributed by atoms with van der Waals surface area (Å²) in [6.07, 6.45) is 3.41. The third-order valence-electron chi connectivity index (χ3n) is 6.22. The van der Waals surface area contributed by atoms with Gasteiger partial charge in [0.25, 0.3) is 0 Å². The van der Waals surface area contributed by atoms with Crippen molar-refractivity contribution in [3.8, 4) is 23.0 Å². The average Bonchev–Trinajstić information content (AvgIpc) is 3.21. The number of benzene rings is 2. The number of phenols is 1. The van der Waals surface area contributed by atoms with Crippen molar-refractivity contribution in [1.82, 2.24) is 10.3 Å². The minimum Gasteiger partial charge on any atom is -0.507 e. The van der Waals surface area contributed by atoms with Crippen LogP contribution in [-0.2, 0) is 30.2 Å². The molecule has 2 N–H and O–H groups in total. The Hall–Kier alpha value is -2.50. The molecule has 34 heavy (non-hydrogen) atoms. The lowest BCUT2D eigenvalue weighted by atomic mass is 9.78. The van der Waals surface area contributed by atoms with Gasteiger partial charge in [0.15, 0.2) is 0 Å². The van der Waals surface area contributed by atoms with Crippen molar-refractivity contribution >= 4 is 12.4 Å². The molecule has 3 aromatic rings. The highest BCUT2D eigenvalue weighted by Gasteiger charge is 2.27. The summed E-state index contributed by atoms with van der Waals surface area (Å²) in [6.45, 7) is 15.1. The summed E-state index contributed by atoms with van der Waals surface area (Å²) in [4.78, 5) is 4.72. The Bertz CT molecular complexity index is 1100. The van der Waals surface area contributed by atoms with Gasteiger partial charge in [0.05, 0.1) is 12.3 Å². The van der Waals surface area contributed by atoms with Crippen molar-refractivity contribution < 1.29 is 14.3 Å². The molecule has 0 amide bonds. The molecular weight excluding hydrogens is 448 g/mol. The molecule has 2 aromatic carbocycles.